The Labute approximate surface area is 85.3 Å². The maximum absolute atomic E-state index is 11.0. The van der Waals surface area contributed by atoms with E-state index in [1.54, 1.807) is 6.08 Å². The van der Waals surface area contributed by atoms with Gasteiger partial charge < -0.3 is 14.8 Å². The van der Waals surface area contributed by atoms with Crippen molar-refractivity contribution in [2.75, 3.05) is 26.4 Å². The van der Waals surface area contributed by atoms with E-state index in [0.29, 0.717) is 19.8 Å². The highest BCUT2D eigenvalue weighted by atomic mass is 16.5. The molecule has 0 aromatic carbocycles. The molecular weight excluding hydrogens is 182 g/mol. The summed E-state index contributed by atoms with van der Waals surface area (Å²) in [7, 11) is 0. The molecule has 0 aromatic heterocycles. The lowest BCUT2D eigenvalue weighted by Crippen LogP contribution is -2.33. The van der Waals surface area contributed by atoms with Crippen LogP contribution in [0.1, 0.15) is 13.8 Å². The first-order chi connectivity index (χ1) is 6.66. The van der Waals surface area contributed by atoms with Crippen LogP contribution < -0.4 is 5.32 Å². The maximum Gasteiger partial charge on any atom is 0.246 e. The molecule has 0 radical (unpaired) electrons. The van der Waals surface area contributed by atoms with Crippen molar-refractivity contribution in [1.82, 2.24) is 5.32 Å². The summed E-state index contributed by atoms with van der Waals surface area (Å²) in [6, 6.07) is 0.156. The van der Waals surface area contributed by atoms with Crippen molar-refractivity contribution in [3.63, 3.8) is 0 Å². The molecule has 82 valence electrons. The van der Waals surface area contributed by atoms with Gasteiger partial charge in [-0.05, 0) is 13.8 Å². The average Bonchev–Trinajstić information content (AvgIpc) is 2.10. The highest BCUT2D eigenvalue weighted by Gasteiger charge is 2.01. The molecule has 0 aliphatic carbocycles. The fraction of sp³-hybridized carbons (Fsp3) is 0.700. The Bertz CT molecular complexity index is 169. The Morgan fingerprint density at radius 1 is 1.43 bits per heavy atom. The van der Waals surface area contributed by atoms with E-state index in [-0.39, 0.29) is 18.6 Å². The summed E-state index contributed by atoms with van der Waals surface area (Å²) in [6.07, 6.45) is 1.67. The average molecular weight is 201 g/mol. The van der Waals surface area contributed by atoms with Crippen molar-refractivity contribution in [1.29, 1.82) is 0 Å². The van der Waals surface area contributed by atoms with Gasteiger partial charge in [-0.2, -0.15) is 0 Å². The van der Waals surface area contributed by atoms with Gasteiger partial charge in [0.15, 0.2) is 0 Å². The van der Waals surface area contributed by atoms with Crippen molar-refractivity contribution in [3.8, 4) is 0 Å². The highest BCUT2D eigenvalue weighted by molar-refractivity contribution is 5.77. The molecule has 0 saturated carbocycles. The Balaban J connectivity index is 3.19. The molecule has 14 heavy (non-hydrogen) atoms. The third-order valence-corrected chi connectivity index (χ3v) is 1.29. The van der Waals surface area contributed by atoms with E-state index in [0.717, 1.165) is 0 Å². The van der Waals surface area contributed by atoms with Crippen molar-refractivity contribution in [3.05, 3.63) is 12.7 Å². The fourth-order valence-corrected chi connectivity index (χ4v) is 0.813. The second kappa shape index (κ2) is 8.72. The quantitative estimate of drug-likeness (QED) is 0.465. The van der Waals surface area contributed by atoms with E-state index in [9.17, 15) is 4.79 Å². The summed E-state index contributed by atoms with van der Waals surface area (Å²) < 4.78 is 10.1. The minimum absolute atomic E-state index is 0.0929. The van der Waals surface area contributed by atoms with Crippen LogP contribution in [0.3, 0.4) is 0 Å². The van der Waals surface area contributed by atoms with Crippen molar-refractivity contribution in [2.24, 2.45) is 0 Å². The van der Waals surface area contributed by atoms with Crippen LogP contribution in [0.5, 0.6) is 0 Å². The summed E-state index contributed by atoms with van der Waals surface area (Å²) in [4.78, 5) is 11.0. The Kier molecular flexibility index (Phi) is 8.17. The molecule has 0 fully saturated rings. The first-order valence-corrected chi connectivity index (χ1v) is 4.72. The maximum atomic E-state index is 11.0. The summed E-state index contributed by atoms with van der Waals surface area (Å²) in [5.74, 6) is -0.0938. The zero-order chi connectivity index (χ0) is 10.8. The molecule has 0 unspecified atom stereocenters. The van der Waals surface area contributed by atoms with Crippen LogP contribution in [-0.2, 0) is 14.3 Å². The smallest absolute Gasteiger partial charge is 0.246 e. The van der Waals surface area contributed by atoms with Crippen molar-refractivity contribution < 1.29 is 14.3 Å². The van der Waals surface area contributed by atoms with Gasteiger partial charge in [0.25, 0.3) is 0 Å². The lowest BCUT2D eigenvalue weighted by molar-refractivity contribution is -0.126. The predicted molar refractivity (Wildman–Crippen MR) is 55.1 cm³/mol. The first-order valence-electron chi connectivity index (χ1n) is 4.72. The molecule has 1 N–H and O–H groups in total. The van der Waals surface area contributed by atoms with Gasteiger partial charge in [0.1, 0.15) is 6.61 Å². The zero-order valence-corrected chi connectivity index (χ0v) is 8.91. The van der Waals surface area contributed by atoms with E-state index in [1.165, 1.54) is 0 Å². The summed E-state index contributed by atoms with van der Waals surface area (Å²) >= 11 is 0. The van der Waals surface area contributed by atoms with Crippen LogP contribution in [0, 0.1) is 0 Å². The molecule has 0 aromatic rings. The molecule has 4 heteroatoms. The SMILES string of the molecule is C=CCOCCOCC(=O)NC(C)C. The van der Waals surface area contributed by atoms with Gasteiger partial charge in [0.05, 0.1) is 19.8 Å². The minimum Gasteiger partial charge on any atom is -0.375 e. The molecule has 0 aliphatic rings. The monoisotopic (exact) mass is 201 g/mol. The van der Waals surface area contributed by atoms with Gasteiger partial charge >= 0.3 is 0 Å². The second-order valence-electron chi connectivity index (χ2n) is 3.14. The molecule has 1 amide bonds. The molecule has 4 nitrogen and oxygen atoms in total. The lowest BCUT2D eigenvalue weighted by Gasteiger charge is -2.08. The number of ether oxygens (including phenoxy) is 2. The van der Waals surface area contributed by atoms with E-state index in [2.05, 4.69) is 11.9 Å². The van der Waals surface area contributed by atoms with Gasteiger partial charge in [-0.15, -0.1) is 6.58 Å². The minimum atomic E-state index is -0.0938. The number of nitrogens with one attached hydrogen (secondary N) is 1. The van der Waals surface area contributed by atoms with E-state index >= 15 is 0 Å². The molecule has 0 spiro atoms. The fourth-order valence-electron chi connectivity index (χ4n) is 0.813. The number of amides is 1. The molecule has 0 saturated heterocycles. The Morgan fingerprint density at radius 2 is 2.07 bits per heavy atom. The van der Waals surface area contributed by atoms with Crippen LogP contribution in [0.15, 0.2) is 12.7 Å². The van der Waals surface area contributed by atoms with Crippen LogP contribution >= 0.6 is 0 Å². The van der Waals surface area contributed by atoms with Crippen molar-refractivity contribution >= 4 is 5.91 Å². The van der Waals surface area contributed by atoms with Gasteiger partial charge in [-0.25, -0.2) is 0 Å². The van der Waals surface area contributed by atoms with E-state index in [1.807, 2.05) is 13.8 Å². The lowest BCUT2D eigenvalue weighted by atomic mass is 10.4. The Morgan fingerprint density at radius 3 is 2.64 bits per heavy atom. The molecular formula is C10H19NO3. The van der Waals surface area contributed by atoms with Crippen molar-refractivity contribution in [2.45, 2.75) is 19.9 Å². The largest absolute Gasteiger partial charge is 0.375 e. The zero-order valence-electron chi connectivity index (χ0n) is 8.91. The van der Waals surface area contributed by atoms with E-state index < -0.39 is 0 Å². The predicted octanol–water partition coefficient (Wildman–Crippen LogP) is 0.730. The number of hydrogen-bond donors (Lipinski definition) is 1. The van der Waals surface area contributed by atoms with Gasteiger partial charge in [-0.3, -0.25) is 4.79 Å². The standard InChI is InChI=1S/C10H19NO3/c1-4-5-13-6-7-14-8-10(12)11-9(2)3/h4,9H,1,5-8H2,2-3H3,(H,11,12). The number of carbonyl (C=O) groups is 1. The van der Waals surface area contributed by atoms with Gasteiger partial charge in [-0.1, -0.05) is 6.08 Å². The third kappa shape index (κ3) is 9.22. The normalized spacial score (nSPS) is 10.2. The first kappa shape index (κ1) is 13.1. The van der Waals surface area contributed by atoms with Crippen LogP contribution in [0.2, 0.25) is 0 Å². The number of hydrogen-bond acceptors (Lipinski definition) is 3. The number of rotatable bonds is 8. The van der Waals surface area contributed by atoms with Crippen LogP contribution in [0.25, 0.3) is 0 Å². The van der Waals surface area contributed by atoms with Gasteiger partial charge in [0, 0.05) is 6.04 Å². The summed E-state index contributed by atoms with van der Waals surface area (Å²) in [5.41, 5.74) is 0. The van der Waals surface area contributed by atoms with Crippen LogP contribution in [-0.4, -0.2) is 38.4 Å². The molecule has 0 aliphatic heterocycles. The number of carbonyl (C=O) groups excluding carboxylic acids is 1. The molecule has 0 heterocycles. The third-order valence-electron chi connectivity index (χ3n) is 1.29. The Hall–Kier alpha value is -0.870. The second-order valence-corrected chi connectivity index (χ2v) is 3.14. The van der Waals surface area contributed by atoms with Crippen LogP contribution in [0.4, 0.5) is 0 Å². The summed E-state index contributed by atoms with van der Waals surface area (Å²) in [6.45, 7) is 8.85. The molecule has 0 rings (SSSR count). The molecule has 0 bridgehead atoms. The summed E-state index contributed by atoms with van der Waals surface area (Å²) in [5, 5.41) is 2.72. The molecule has 0 atom stereocenters. The van der Waals surface area contributed by atoms with Gasteiger partial charge in [0.2, 0.25) is 5.91 Å². The van der Waals surface area contributed by atoms with E-state index in [4.69, 9.17) is 9.47 Å². The topological polar surface area (TPSA) is 47.6 Å². The highest BCUT2D eigenvalue weighted by Crippen LogP contribution is 1.81.